The van der Waals surface area contributed by atoms with Gasteiger partial charge in [0.1, 0.15) is 11.3 Å². The lowest BCUT2D eigenvalue weighted by molar-refractivity contribution is 0.0587. The van der Waals surface area contributed by atoms with E-state index in [2.05, 4.69) is 51.5 Å². The van der Waals surface area contributed by atoms with Crippen molar-refractivity contribution < 1.29 is 13.9 Å². The van der Waals surface area contributed by atoms with Crippen molar-refractivity contribution >= 4 is 22.7 Å². The van der Waals surface area contributed by atoms with E-state index in [4.69, 9.17) is 4.74 Å². The van der Waals surface area contributed by atoms with Gasteiger partial charge in [0.2, 0.25) is 0 Å². The Balaban J connectivity index is 1.55. The third-order valence-corrected chi connectivity index (χ3v) is 6.37. The van der Waals surface area contributed by atoms with E-state index in [0.29, 0.717) is 18.7 Å². The van der Waals surface area contributed by atoms with Crippen LogP contribution in [0.25, 0.3) is 11.0 Å². The first kappa shape index (κ1) is 23.2. The average molecular weight is 453 g/mol. The number of alkyl halides is 1. The fourth-order valence-electron chi connectivity index (χ4n) is 4.84. The van der Waals surface area contributed by atoms with E-state index in [0.717, 1.165) is 35.4 Å². The van der Waals surface area contributed by atoms with Gasteiger partial charge in [0, 0.05) is 61.7 Å². The van der Waals surface area contributed by atoms with Crippen LogP contribution in [0.3, 0.4) is 0 Å². The van der Waals surface area contributed by atoms with Gasteiger partial charge >= 0.3 is 5.97 Å². The largest absolute Gasteiger partial charge is 0.465 e. The van der Waals surface area contributed by atoms with E-state index >= 15 is 0 Å². The molecule has 1 saturated heterocycles. The number of carbonyl (C=O) groups excluding carboxylic acids is 1. The Morgan fingerprint density at radius 3 is 2.39 bits per heavy atom. The van der Waals surface area contributed by atoms with Gasteiger partial charge in [-0.25, -0.2) is 14.2 Å². The molecule has 176 valence electrons. The maximum absolute atomic E-state index is 14.3. The molecule has 0 radical (unpaired) electrons. The monoisotopic (exact) mass is 452 g/mol. The molecule has 7 heteroatoms. The van der Waals surface area contributed by atoms with Gasteiger partial charge in [-0.3, -0.25) is 4.90 Å². The lowest BCUT2D eigenvalue weighted by Gasteiger charge is -2.46. The van der Waals surface area contributed by atoms with Gasteiger partial charge in [-0.15, -0.1) is 0 Å². The van der Waals surface area contributed by atoms with Crippen molar-refractivity contribution in [3.05, 3.63) is 59.9 Å². The molecular weight excluding hydrogens is 419 g/mol. The normalized spacial score (nSPS) is 19.8. The van der Waals surface area contributed by atoms with E-state index in [9.17, 15) is 9.18 Å². The number of nitrogens with zero attached hydrogens (tertiary/aromatic N) is 4. The second-order valence-electron chi connectivity index (χ2n) is 9.69. The number of esters is 1. The van der Waals surface area contributed by atoms with Crippen LogP contribution in [-0.2, 0) is 11.3 Å². The molecule has 0 bridgehead atoms. The number of aromatic nitrogens is 2. The summed E-state index contributed by atoms with van der Waals surface area (Å²) in [6.07, 6.45) is 3.92. The number of benzene rings is 1. The predicted molar refractivity (Wildman–Crippen MR) is 130 cm³/mol. The summed E-state index contributed by atoms with van der Waals surface area (Å²) in [5.74, 6) is -0.335. The van der Waals surface area contributed by atoms with Crippen molar-refractivity contribution in [2.75, 3.05) is 31.6 Å². The van der Waals surface area contributed by atoms with Crippen molar-refractivity contribution in [3.8, 4) is 0 Å². The molecule has 3 heterocycles. The molecule has 33 heavy (non-hydrogen) atoms. The van der Waals surface area contributed by atoms with Gasteiger partial charge < -0.3 is 14.2 Å². The Labute approximate surface area is 195 Å². The fourth-order valence-corrected chi connectivity index (χ4v) is 4.84. The van der Waals surface area contributed by atoms with Crippen LogP contribution in [0, 0.1) is 0 Å². The summed E-state index contributed by atoms with van der Waals surface area (Å²) in [5, 5.41) is 1.11. The number of fused-ring (bicyclic) bond motifs is 1. The van der Waals surface area contributed by atoms with Crippen LogP contribution < -0.4 is 4.90 Å². The maximum Gasteiger partial charge on any atom is 0.337 e. The summed E-state index contributed by atoms with van der Waals surface area (Å²) in [4.78, 5) is 21.0. The van der Waals surface area contributed by atoms with Crippen LogP contribution in [0.1, 0.15) is 43.6 Å². The second-order valence-corrected chi connectivity index (χ2v) is 9.69. The Kier molecular flexibility index (Phi) is 6.43. The number of halogens is 1. The molecule has 1 aliphatic rings. The standard InChI is InChI=1S/C26H33FN4O2/c1-18-14-30(15-19(2)31(18)17-26(3,4)27)23-10-12-28-24-22(23)11-13-29(24)16-20-6-8-21(9-7-20)25(32)33-5/h6-13,18-19H,14-17H2,1-5H3. The molecule has 0 spiro atoms. The lowest BCUT2D eigenvalue weighted by Crippen LogP contribution is -2.59. The Morgan fingerprint density at radius 1 is 1.12 bits per heavy atom. The number of rotatable bonds is 6. The van der Waals surface area contributed by atoms with E-state index < -0.39 is 5.67 Å². The molecule has 6 nitrogen and oxygen atoms in total. The van der Waals surface area contributed by atoms with E-state index in [1.54, 1.807) is 26.0 Å². The van der Waals surface area contributed by atoms with Crippen LogP contribution in [0.4, 0.5) is 10.1 Å². The first-order valence-corrected chi connectivity index (χ1v) is 11.5. The van der Waals surface area contributed by atoms with Crippen molar-refractivity contribution in [1.82, 2.24) is 14.5 Å². The minimum atomic E-state index is -1.21. The highest BCUT2D eigenvalue weighted by molar-refractivity contribution is 5.90. The number of hydrogen-bond donors (Lipinski definition) is 0. The molecule has 4 rings (SSSR count). The lowest BCUT2D eigenvalue weighted by atomic mass is 10.0. The summed E-state index contributed by atoms with van der Waals surface area (Å²) in [6.45, 7) is 10.5. The van der Waals surface area contributed by atoms with Gasteiger partial charge in [0.25, 0.3) is 0 Å². The Hall–Kier alpha value is -2.93. The molecule has 0 aliphatic carbocycles. The van der Waals surface area contributed by atoms with E-state index in [1.807, 2.05) is 18.3 Å². The number of pyridine rings is 1. The first-order valence-electron chi connectivity index (χ1n) is 11.5. The number of anilines is 1. The predicted octanol–water partition coefficient (Wildman–Crippen LogP) is 4.52. The van der Waals surface area contributed by atoms with Gasteiger partial charge in [-0.1, -0.05) is 12.1 Å². The fraction of sp³-hybridized carbons (Fsp3) is 0.462. The highest BCUT2D eigenvalue weighted by Crippen LogP contribution is 2.31. The van der Waals surface area contributed by atoms with Crippen molar-refractivity contribution in [1.29, 1.82) is 0 Å². The SMILES string of the molecule is COC(=O)c1ccc(Cn2ccc3c(N4CC(C)N(CC(C)(C)F)C(C)C4)ccnc32)cc1. The van der Waals surface area contributed by atoms with E-state index in [1.165, 1.54) is 7.11 Å². The van der Waals surface area contributed by atoms with E-state index in [-0.39, 0.29) is 18.1 Å². The van der Waals surface area contributed by atoms with Crippen LogP contribution in [0.5, 0.6) is 0 Å². The topological polar surface area (TPSA) is 50.6 Å². The van der Waals surface area contributed by atoms with Crippen LogP contribution in [0.15, 0.2) is 48.8 Å². The zero-order valence-electron chi connectivity index (χ0n) is 20.1. The van der Waals surface area contributed by atoms with Crippen molar-refractivity contribution in [3.63, 3.8) is 0 Å². The van der Waals surface area contributed by atoms with Gasteiger partial charge in [0.15, 0.2) is 0 Å². The highest BCUT2D eigenvalue weighted by atomic mass is 19.1. The quantitative estimate of drug-likeness (QED) is 0.515. The smallest absolute Gasteiger partial charge is 0.337 e. The zero-order valence-corrected chi connectivity index (χ0v) is 20.1. The third kappa shape index (κ3) is 5.03. The Bertz CT molecular complexity index is 1110. The van der Waals surface area contributed by atoms with Crippen molar-refractivity contribution in [2.45, 2.75) is 52.0 Å². The van der Waals surface area contributed by atoms with Gasteiger partial charge in [-0.2, -0.15) is 0 Å². The molecular formula is C26H33FN4O2. The van der Waals surface area contributed by atoms with Crippen LogP contribution in [-0.4, -0.2) is 64.9 Å². The minimum Gasteiger partial charge on any atom is -0.465 e. The molecule has 1 fully saturated rings. The molecule has 3 aromatic rings. The van der Waals surface area contributed by atoms with Crippen LogP contribution >= 0.6 is 0 Å². The average Bonchev–Trinajstić information content (AvgIpc) is 3.18. The molecule has 0 amide bonds. The minimum absolute atomic E-state index is 0.252. The molecule has 2 aromatic heterocycles. The Morgan fingerprint density at radius 2 is 1.79 bits per heavy atom. The summed E-state index contributed by atoms with van der Waals surface area (Å²) >= 11 is 0. The molecule has 2 atom stereocenters. The molecule has 0 N–H and O–H groups in total. The van der Waals surface area contributed by atoms with Gasteiger partial charge in [-0.05, 0) is 57.5 Å². The zero-order chi connectivity index (χ0) is 23.8. The number of ether oxygens (including phenoxy) is 1. The number of piperazine rings is 1. The molecule has 0 saturated carbocycles. The maximum atomic E-state index is 14.3. The molecule has 1 aromatic carbocycles. The number of hydrogen-bond acceptors (Lipinski definition) is 5. The summed E-state index contributed by atoms with van der Waals surface area (Å²) < 4.78 is 21.2. The molecule has 2 unspecified atom stereocenters. The summed E-state index contributed by atoms with van der Waals surface area (Å²) in [5.41, 5.74) is 2.50. The van der Waals surface area contributed by atoms with Crippen molar-refractivity contribution in [2.24, 2.45) is 0 Å². The highest BCUT2D eigenvalue weighted by Gasteiger charge is 2.34. The van der Waals surface area contributed by atoms with Crippen LogP contribution in [0.2, 0.25) is 0 Å². The number of methoxy groups -OCH3 is 1. The summed E-state index contributed by atoms with van der Waals surface area (Å²) in [6, 6.07) is 12.1. The number of carbonyl (C=O) groups is 1. The second kappa shape index (κ2) is 9.14. The third-order valence-electron chi connectivity index (χ3n) is 6.37. The summed E-state index contributed by atoms with van der Waals surface area (Å²) in [7, 11) is 1.38. The first-order chi connectivity index (χ1) is 15.7. The van der Waals surface area contributed by atoms with Gasteiger partial charge in [0.05, 0.1) is 12.7 Å². The molecule has 1 aliphatic heterocycles.